The van der Waals surface area contributed by atoms with Gasteiger partial charge in [0.25, 0.3) is 0 Å². The summed E-state index contributed by atoms with van der Waals surface area (Å²) >= 11 is 6.16. The second kappa shape index (κ2) is 4.89. The molecule has 0 spiro atoms. The Hall–Kier alpha value is -1.48. The van der Waals surface area contributed by atoms with E-state index in [0.717, 1.165) is 16.6 Å². The predicted octanol–water partition coefficient (Wildman–Crippen LogP) is 4.38. The van der Waals surface area contributed by atoms with E-state index in [1.807, 2.05) is 18.2 Å². The van der Waals surface area contributed by atoms with Gasteiger partial charge in [0, 0.05) is 23.4 Å². The number of anilines is 1. The lowest BCUT2D eigenvalue weighted by Crippen LogP contribution is -2.14. The van der Waals surface area contributed by atoms with Crippen LogP contribution in [-0.2, 0) is 0 Å². The average Bonchev–Trinajstić information content (AvgIpc) is 2.97. The van der Waals surface area contributed by atoms with Crippen molar-refractivity contribution in [1.82, 2.24) is 4.98 Å². The zero-order chi connectivity index (χ0) is 13.4. The normalized spacial score (nSPS) is 16.1. The first-order valence-corrected chi connectivity index (χ1v) is 7.11. The summed E-state index contributed by atoms with van der Waals surface area (Å²) in [6.45, 7) is 1.57. The van der Waals surface area contributed by atoms with Gasteiger partial charge in [0.2, 0.25) is 0 Å². The molecule has 100 valence electrons. The van der Waals surface area contributed by atoms with Crippen LogP contribution in [-0.4, -0.2) is 16.8 Å². The van der Waals surface area contributed by atoms with E-state index in [1.54, 1.807) is 6.92 Å². The molecule has 0 unspecified atom stereocenters. The first kappa shape index (κ1) is 12.5. The molecule has 19 heavy (non-hydrogen) atoms. The standard InChI is InChI=1S/C15H17ClN2O/c1-9(19)13-7-10-6-11(16)8-14(15(10)18-13)17-12-4-2-3-5-12/h6-8,12,17-18H,2-5H2,1H3. The van der Waals surface area contributed by atoms with Crippen molar-refractivity contribution in [2.24, 2.45) is 0 Å². The molecule has 0 atom stereocenters. The molecule has 1 saturated carbocycles. The molecule has 2 N–H and O–H groups in total. The Morgan fingerprint density at radius 1 is 1.32 bits per heavy atom. The second-order valence-corrected chi connectivity index (χ2v) is 5.72. The van der Waals surface area contributed by atoms with E-state index in [1.165, 1.54) is 25.7 Å². The first-order chi connectivity index (χ1) is 9.13. The van der Waals surface area contributed by atoms with Gasteiger partial charge in [-0.15, -0.1) is 0 Å². The summed E-state index contributed by atoms with van der Waals surface area (Å²) in [5.41, 5.74) is 2.61. The molecule has 0 bridgehead atoms. The van der Waals surface area contributed by atoms with Crippen LogP contribution in [0.4, 0.5) is 5.69 Å². The van der Waals surface area contributed by atoms with Crippen LogP contribution in [0.25, 0.3) is 10.9 Å². The number of carbonyl (C=O) groups excluding carboxylic acids is 1. The Balaban J connectivity index is 2.03. The molecule has 1 heterocycles. The lowest BCUT2D eigenvalue weighted by Gasteiger charge is -2.14. The van der Waals surface area contributed by atoms with Gasteiger partial charge in [-0.05, 0) is 31.0 Å². The predicted molar refractivity (Wildman–Crippen MR) is 79.2 cm³/mol. The summed E-state index contributed by atoms with van der Waals surface area (Å²) in [5, 5.41) is 5.23. The van der Waals surface area contributed by atoms with Crippen molar-refractivity contribution in [2.45, 2.75) is 38.6 Å². The minimum Gasteiger partial charge on any atom is -0.381 e. The highest BCUT2D eigenvalue weighted by Gasteiger charge is 2.17. The van der Waals surface area contributed by atoms with E-state index in [-0.39, 0.29) is 5.78 Å². The fourth-order valence-electron chi connectivity index (χ4n) is 2.80. The summed E-state index contributed by atoms with van der Waals surface area (Å²) in [4.78, 5) is 14.7. The number of hydrogen-bond acceptors (Lipinski definition) is 2. The number of aromatic nitrogens is 1. The monoisotopic (exact) mass is 276 g/mol. The molecule has 1 aliphatic carbocycles. The minimum absolute atomic E-state index is 0.0409. The molecule has 1 fully saturated rings. The molecule has 0 amide bonds. The number of Topliss-reactive ketones (excluding diaryl/α,β-unsaturated/α-hetero) is 1. The summed E-state index contributed by atoms with van der Waals surface area (Å²) in [6, 6.07) is 6.21. The molecule has 0 saturated heterocycles. The van der Waals surface area contributed by atoms with Crippen molar-refractivity contribution < 1.29 is 4.79 Å². The fraction of sp³-hybridized carbons (Fsp3) is 0.400. The van der Waals surface area contributed by atoms with E-state index in [2.05, 4.69) is 10.3 Å². The van der Waals surface area contributed by atoms with E-state index >= 15 is 0 Å². The van der Waals surface area contributed by atoms with Gasteiger partial charge in [-0.2, -0.15) is 0 Å². The van der Waals surface area contributed by atoms with Crippen molar-refractivity contribution in [3.05, 3.63) is 28.9 Å². The SMILES string of the molecule is CC(=O)c1cc2cc(Cl)cc(NC3CCCC3)c2[nH]1. The van der Waals surface area contributed by atoms with Crippen molar-refractivity contribution >= 4 is 34.0 Å². The van der Waals surface area contributed by atoms with Gasteiger partial charge in [0.15, 0.2) is 5.78 Å². The zero-order valence-corrected chi connectivity index (χ0v) is 11.7. The van der Waals surface area contributed by atoms with E-state index in [4.69, 9.17) is 11.6 Å². The van der Waals surface area contributed by atoms with Gasteiger partial charge in [0.1, 0.15) is 0 Å². The van der Waals surface area contributed by atoms with Crippen LogP contribution in [0.2, 0.25) is 5.02 Å². The van der Waals surface area contributed by atoms with Gasteiger partial charge in [-0.1, -0.05) is 24.4 Å². The first-order valence-electron chi connectivity index (χ1n) is 6.73. The van der Waals surface area contributed by atoms with Crippen LogP contribution in [0, 0.1) is 0 Å². The Morgan fingerprint density at radius 2 is 2.05 bits per heavy atom. The van der Waals surface area contributed by atoms with E-state index in [0.29, 0.717) is 16.8 Å². The third kappa shape index (κ3) is 2.47. The lowest BCUT2D eigenvalue weighted by molar-refractivity contribution is 0.101. The number of H-pyrrole nitrogens is 1. The molecule has 3 rings (SSSR count). The number of ketones is 1. The van der Waals surface area contributed by atoms with E-state index in [9.17, 15) is 4.79 Å². The third-order valence-corrected chi connectivity index (χ3v) is 4.01. The van der Waals surface area contributed by atoms with Gasteiger partial charge in [-0.3, -0.25) is 4.79 Å². The highest BCUT2D eigenvalue weighted by atomic mass is 35.5. The molecule has 0 aliphatic heterocycles. The molecule has 1 aromatic carbocycles. The van der Waals surface area contributed by atoms with Gasteiger partial charge in [-0.25, -0.2) is 0 Å². The number of benzene rings is 1. The Labute approximate surface area is 117 Å². The third-order valence-electron chi connectivity index (χ3n) is 3.79. The average molecular weight is 277 g/mol. The van der Waals surface area contributed by atoms with Crippen LogP contribution in [0.15, 0.2) is 18.2 Å². The van der Waals surface area contributed by atoms with Crippen molar-refractivity contribution in [3.63, 3.8) is 0 Å². The number of fused-ring (bicyclic) bond motifs is 1. The van der Waals surface area contributed by atoms with Crippen LogP contribution >= 0.6 is 11.6 Å². The summed E-state index contributed by atoms with van der Waals surface area (Å²) in [5.74, 6) is 0.0409. The molecular formula is C15H17ClN2O. The summed E-state index contributed by atoms with van der Waals surface area (Å²) in [6.07, 6.45) is 4.97. The number of aromatic amines is 1. The molecular weight excluding hydrogens is 260 g/mol. The molecule has 1 aromatic heterocycles. The molecule has 1 aliphatic rings. The van der Waals surface area contributed by atoms with Crippen molar-refractivity contribution in [1.29, 1.82) is 0 Å². The quantitative estimate of drug-likeness (QED) is 0.817. The van der Waals surface area contributed by atoms with Crippen molar-refractivity contribution in [3.8, 4) is 0 Å². The largest absolute Gasteiger partial charge is 0.381 e. The number of carbonyl (C=O) groups is 1. The second-order valence-electron chi connectivity index (χ2n) is 5.28. The Bertz CT molecular complexity index is 626. The number of nitrogens with one attached hydrogen (secondary N) is 2. The highest BCUT2D eigenvalue weighted by Crippen LogP contribution is 2.31. The lowest BCUT2D eigenvalue weighted by atomic mass is 10.2. The van der Waals surface area contributed by atoms with Gasteiger partial charge >= 0.3 is 0 Å². The maximum absolute atomic E-state index is 11.5. The molecule has 2 aromatic rings. The van der Waals surface area contributed by atoms with Crippen LogP contribution in [0.3, 0.4) is 0 Å². The minimum atomic E-state index is 0.0409. The zero-order valence-electron chi connectivity index (χ0n) is 10.9. The van der Waals surface area contributed by atoms with Crippen LogP contribution in [0.5, 0.6) is 0 Å². The highest BCUT2D eigenvalue weighted by molar-refractivity contribution is 6.32. The Morgan fingerprint density at radius 3 is 2.74 bits per heavy atom. The van der Waals surface area contributed by atoms with Crippen molar-refractivity contribution in [2.75, 3.05) is 5.32 Å². The van der Waals surface area contributed by atoms with Crippen LogP contribution in [0.1, 0.15) is 43.1 Å². The number of halogens is 1. The fourth-order valence-corrected chi connectivity index (χ4v) is 3.03. The smallest absolute Gasteiger partial charge is 0.175 e. The topological polar surface area (TPSA) is 44.9 Å². The molecule has 3 nitrogen and oxygen atoms in total. The molecule has 4 heteroatoms. The maximum atomic E-state index is 11.5. The molecule has 0 radical (unpaired) electrons. The summed E-state index contributed by atoms with van der Waals surface area (Å²) in [7, 11) is 0. The summed E-state index contributed by atoms with van der Waals surface area (Å²) < 4.78 is 0. The number of hydrogen-bond donors (Lipinski definition) is 2. The number of rotatable bonds is 3. The van der Waals surface area contributed by atoms with Gasteiger partial charge < -0.3 is 10.3 Å². The Kier molecular flexibility index (Phi) is 3.23. The van der Waals surface area contributed by atoms with Gasteiger partial charge in [0.05, 0.1) is 16.9 Å². The van der Waals surface area contributed by atoms with Crippen LogP contribution < -0.4 is 5.32 Å². The maximum Gasteiger partial charge on any atom is 0.175 e. The van der Waals surface area contributed by atoms with E-state index < -0.39 is 0 Å².